The molecule has 1 aliphatic carbocycles. The number of nitrogens with zero attached hydrogens (tertiary/aromatic N) is 1. The van der Waals surface area contributed by atoms with Gasteiger partial charge in [0.1, 0.15) is 6.10 Å². The summed E-state index contributed by atoms with van der Waals surface area (Å²) in [7, 11) is 0. The van der Waals surface area contributed by atoms with E-state index in [0.717, 1.165) is 24.0 Å². The van der Waals surface area contributed by atoms with Gasteiger partial charge in [-0.2, -0.15) is 0 Å². The third kappa shape index (κ3) is 1.66. The Morgan fingerprint density at radius 1 is 1.33 bits per heavy atom. The van der Waals surface area contributed by atoms with E-state index < -0.39 is 0 Å². The molecule has 1 atom stereocenters. The van der Waals surface area contributed by atoms with Crippen molar-refractivity contribution >= 4 is 5.82 Å². The normalized spacial score (nSPS) is 25.5. The summed E-state index contributed by atoms with van der Waals surface area (Å²) in [5, 5.41) is 3.35. The second kappa shape index (κ2) is 3.72. The lowest BCUT2D eigenvalue weighted by atomic mass is 10.00. The van der Waals surface area contributed by atoms with Gasteiger partial charge in [0.2, 0.25) is 0 Å². The van der Waals surface area contributed by atoms with E-state index in [9.17, 15) is 0 Å². The Morgan fingerprint density at radius 2 is 2.20 bits per heavy atom. The molecular formula is C12H16N2O. The topological polar surface area (TPSA) is 34.1 Å². The zero-order chi connectivity index (χ0) is 10.1. The molecule has 3 heteroatoms. The third-order valence-corrected chi connectivity index (χ3v) is 3.45. The van der Waals surface area contributed by atoms with Crippen LogP contribution in [0.5, 0.6) is 5.75 Å². The summed E-state index contributed by atoms with van der Waals surface area (Å²) in [4.78, 5) is 4.24. The van der Waals surface area contributed by atoms with Gasteiger partial charge in [-0.05, 0) is 30.9 Å². The molecule has 80 valence electrons. The monoisotopic (exact) mass is 204 g/mol. The van der Waals surface area contributed by atoms with Crippen molar-refractivity contribution in [3.05, 3.63) is 18.3 Å². The van der Waals surface area contributed by atoms with Crippen molar-refractivity contribution in [1.29, 1.82) is 0 Å². The fraction of sp³-hybridized carbons (Fsp3) is 0.583. The maximum Gasteiger partial charge on any atom is 0.168 e. The van der Waals surface area contributed by atoms with E-state index in [1.54, 1.807) is 6.20 Å². The Balaban J connectivity index is 1.76. The van der Waals surface area contributed by atoms with Crippen molar-refractivity contribution in [2.75, 3.05) is 11.9 Å². The molecule has 1 aliphatic heterocycles. The molecule has 2 aliphatic rings. The maximum absolute atomic E-state index is 5.99. The van der Waals surface area contributed by atoms with Gasteiger partial charge in [0.05, 0.1) is 6.54 Å². The van der Waals surface area contributed by atoms with E-state index in [1.165, 1.54) is 25.7 Å². The van der Waals surface area contributed by atoms with Gasteiger partial charge in [0, 0.05) is 6.20 Å². The van der Waals surface area contributed by atoms with Gasteiger partial charge in [0.25, 0.3) is 0 Å². The van der Waals surface area contributed by atoms with E-state index in [0.29, 0.717) is 6.10 Å². The predicted octanol–water partition coefficient (Wildman–Crippen LogP) is 2.44. The average Bonchev–Trinajstić information content (AvgIpc) is 2.82. The lowest BCUT2D eigenvalue weighted by molar-refractivity contribution is 0.140. The van der Waals surface area contributed by atoms with Gasteiger partial charge in [-0.1, -0.05) is 12.8 Å². The van der Waals surface area contributed by atoms with Crippen LogP contribution in [0.25, 0.3) is 0 Å². The third-order valence-electron chi connectivity index (χ3n) is 3.45. The minimum atomic E-state index is 0.351. The molecule has 0 spiro atoms. The van der Waals surface area contributed by atoms with Gasteiger partial charge in [-0.15, -0.1) is 0 Å². The molecule has 3 nitrogen and oxygen atoms in total. The van der Waals surface area contributed by atoms with E-state index >= 15 is 0 Å². The predicted molar refractivity (Wildman–Crippen MR) is 59.1 cm³/mol. The van der Waals surface area contributed by atoms with Crippen molar-refractivity contribution in [3.8, 4) is 5.75 Å². The Morgan fingerprint density at radius 3 is 3.07 bits per heavy atom. The van der Waals surface area contributed by atoms with Crippen molar-refractivity contribution in [1.82, 2.24) is 4.98 Å². The van der Waals surface area contributed by atoms with E-state index in [2.05, 4.69) is 10.3 Å². The fourth-order valence-corrected chi connectivity index (χ4v) is 2.61. The lowest BCUT2D eigenvalue weighted by Crippen LogP contribution is -2.36. The first kappa shape index (κ1) is 9.01. The summed E-state index contributed by atoms with van der Waals surface area (Å²) in [6, 6.07) is 3.92. The molecule has 1 aromatic heterocycles. The summed E-state index contributed by atoms with van der Waals surface area (Å²) in [5.41, 5.74) is 0. The SMILES string of the molecule is c1cnc2c(c1)OC(C1CCCC1)CN2. The second-order valence-electron chi connectivity index (χ2n) is 4.43. The minimum absolute atomic E-state index is 0.351. The van der Waals surface area contributed by atoms with Gasteiger partial charge in [-0.25, -0.2) is 4.98 Å². The number of anilines is 1. The Hall–Kier alpha value is -1.25. The largest absolute Gasteiger partial charge is 0.484 e. The molecule has 1 fully saturated rings. The summed E-state index contributed by atoms with van der Waals surface area (Å²) in [6.45, 7) is 0.911. The van der Waals surface area contributed by atoms with Crippen LogP contribution in [0.1, 0.15) is 25.7 Å². The Kier molecular flexibility index (Phi) is 2.24. The molecule has 1 aromatic rings. The highest BCUT2D eigenvalue weighted by Gasteiger charge is 2.29. The summed E-state index contributed by atoms with van der Waals surface area (Å²) in [5.74, 6) is 2.55. The number of ether oxygens (including phenoxy) is 1. The molecule has 0 radical (unpaired) electrons. The van der Waals surface area contributed by atoms with Gasteiger partial charge in [0.15, 0.2) is 11.6 Å². The highest BCUT2D eigenvalue weighted by Crippen LogP contribution is 2.34. The van der Waals surface area contributed by atoms with E-state index in [-0.39, 0.29) is 0 Å². The van der Waals surface area contributed by atoms with Crippen LogP contribution in [0.15, 0.2) is 18.3 Å². The van der Waals surface area contributed by atoms with Crippen LogP contribution in [0, 0.1) is 5.92 Å². The maximum atomic E-state index is 5.99. The molecule has 1 N–H and O–H groups in total. The molecule has 1 saturated carbocycles. The first-order chi connectivity index (χ1) is 7.43. The number of hydrogen-bond donors (Lipinski definition) is 1. The quantitative estimate of drug-likeness (QED) is 0.763. The van der Waals surface area contributed by atoms with Crippen LogP contribution in [0.4, 0.5) is 5.82 Å². The molecule has 15 heavy (non-hydrogen) atoms. The van der Waals surface area contributed by atoms with Crippen LogP contribution < -0.4 is 10.1 Å². The van der Waals surface area contributed by atoms with Gasteiger partial charge >= 0.3 is 0 Å². The molecule has 0 aromatic carbocycles. The second-order valence-corrected chi connectivity index (χ2v) is 4.43. The van der Waals surface area contributed by atoms with E-state index in [4.69, 9.17) is 4.74 Å². The first-order valence-electron chi connectivity index (χ1n) is 5.79. The molecule has 0 bridgehead atoms. The Bertz CT molecular complexity index is 347. The van der Waals surface area contributed by atoms with E-state index in [1.807, 2.05) is 12.1 Å². The molecular weight excluding hydrogens is 188 g/mol. The number of nitrogens with one attached hydrogen (secondary N) is 1. The molecule has 0 saturated heterocycles. The van der Waals surface area contributed by atoms with Crippen molar-refractivity contribution in [3.63, 3.8) is 0 Å². The highest BCUT2D eigenvalue weighted by atomic mass is 16.5. The summed E-state index contributed by atoms with van der Waals surface area (Å²) >= 11 is 0. The molecule has 1 unspecified atom stereocenters. The van der Waals surface area contributed by atoms with Gasteiger partial charge in [-0.3, -0.25) is 0 Å². The number of pyridine rings is 1. The van der Waals surface area contributed by atoms with Crippen molar-refractivity contribution < 1.29 is 4.74 Å². The van der Waals surface area contributed by atoms with Crippen LogP contribution in [-0.2, 0) is 0 Å². The van der Waals surface area contributed by atoms with Crippen LogP contribution in [-0.4, -0.2) is 17.6 Å². The highest BCUT2D eigenvalue weighted by molar-refractivity contribution is 5.51. The smallest absolute Gasteiger partial charge is 0.168 e. The molecule has 3 rings (SSSR count). The number of aromatic nitrogens is 1. The zero-order valence-corrected chi connectivity index (χ0v) is 8.78. The standard InChI is InChI=1S/C12H16N2O/c1-2-5-9(4-1)11-8-14-12-10(15-11)6-3-7-13-12/h3,6-7,9,11H,1-2,4-5,8H2,(H,13,14). The van der Waals surface area contributed by atoms with Crippen LogP contribution in [0.2, 0.25) is 0 Å². The summed E-state index contributed by atoms with van der Waals surface area (Å²) < 4.78 is 5.99. The number of hydrogen-bond acceptors (Lipinski definition) is 3. The first-order valence-corrected chi connectivity index (χ1v) is 5.79. The van der Waals surface area contributed by atoms with Crippen LogP contribution in [0.3, 0.4) is 0 Å². The lowest BCUT2D eigenvalue weighted by Gasteiger charge is -2.30. The van der Waals surface area contributed by atoms with Crippen molar-refractivity contribution in [2.24, 2.45) is 5.92 Å². The average molecular weight is 204 g/mol. The zero-order valence-electron chi connectivity index (χ0n) is 8.78. The number of rotatable bonds is 1. The molecule has 2 heterocycles. The summed E-state index contributed by atoms with van der Waals surface area (Å²) in [6.07, 6.45) is 7.52. The van der Waals surface area contributed by atoms with Crippen LogP contribution >= 0.6 is 0 Å². The number of fused-ring (bicyclic) bond motifs is 1. The van der Waals surface area contributed by atoms with Crippen molar-refractivity contribution in [2.45, 2.75) is 31.8 Å². The molecule has 0 amide bonds. The Labute approximate surface area is 89.9 Å². The minimum Gasteiger partial charge on any atom is -0.484 e. The van der Waals surface area contributed by atoms with Gasteiger partial charge < -0.3 is 10.1 Å². The fourth-order valence-electron chi connectivity index (χ4n) is 2.61.